The number of anilines is 1. The first-order valence-electron chi connectivity index (χ1n) is 6.42. The Bertz CT molecular complexity index is 527. The Kier molecular flexibility index (Phi) is 4.23. The van der Waals surface area contributed by atoms with E-state index in [-0.39, 0.29) is 5.56 Å². The van der Waals surface area contributed by atoms with Crippen LogP contribution in [0.1, 0.15) is 26.2 Å². The molecule has 4 nitrogen and oxygen atoms in total. The summed E-state index contributed by atoms with van der Waals surface area (Å²) in [6.07, 6.45) is 3.52. The largest absolute Gasteiger partial charge is 0.370 e. The third-order valence-corrected chi connectivity index (χ3v) is 2.83. The third-order valence-electron chi connectivity index (χ3n) is 2.83. The number of nitrogens with one attached hydrogen (secondary N) is 2. The van der Waals surface area contributed by atoms with Gasteiger partial charge in [-0.25, -0.2) is 4.68 Å². The Hall–Kier alpha value is -1.97. The molecule has 0 bridgehead atoms. The number of aromatic amines is 1. The smallest absolute Gasteiger partial charge is 0.273 e. The lowest BCUT2D eigenvalue weighted by Crippen LogP contribution is -2.13. The zero-order chi connectivity index (χ0) is 12.8. The molecule has 0 saturated carbocycles. The highest BCUT2D eigenvalue weighted by Gasteiger charge is 2.03. The first-order chi connectivity index (χ1) is 8.81. The Morgan fingerprint density at radius 2 is 2.00 bits per heavy atom. The van der Waals surface area contributed by atoms with E-state index in [0.29, 0.717) is 0 Å². The van der Waals surface area contributed by atoms with E-state index in [1.165, 1.54) is 12.8 Å². The second-order valence-corrected chi connectivity index (χ2v) is 4.31. The molecular weight excluding hydrogens is 226 g/mol. The van der Waals surface area contributed by atoms with Crippen LogP contribution >= 0.6 is 0 Å². The van der Waals surface area contributed by atoms with Crippen molar-refractivity contribution in [2.75, 3.05) is 11.9 Å². The lowest BCUT2D eigenvalue weighted by atomic mass is 10.2. The van der Waals surface area contributed by atoms with Crippen LogP contribution in [0.15, 0.2) is 41.2 Å². The molecule has 0 saturated heterocycles. The highest BCUT2D eigenvalue weighted by molar-refractivity contribution is 5.37. The van der Waals surface area contributed by atoms with Crippen LogP contribution in [0.3, 0.4) is 0 Å². The van der Waals surface area contributed by atoms with Crippen LogP contribution in [0.25, 0.3) is 5.69 Å². The van der Waals surface area contributed by atoms with Crippen LogP contribution in [0.4, 0.5) is 5.82 Å². The van der Waals surface area contributed by atoms with Crippen molar-refractivity contribution in [2.45, 2.75) is 26.2 Å². The summed E-state index contributed by atoms with van der Waals surface area (Å²) in [7, 11) is 0. The molecule has 0 unspecified atom stereocenters. The zero-order valence-electron chi connectivity index (χ0n) is 10.6. The normalized spacial score (nSPS) is 10.5. The highest BCUT2D eigenvalue weighted by atomic mass is 16.1. The third kappa shape index (κ3) is 3.03. The summed E-state index contributed by atoms with van der Waals surface area (Å²) in [6.45, 7) is 3.07. The van der Waals surface area contributed by atoms with Crippen LogP contribution in [-0.4, -0.2) is 16.3 Å². The van der Waals surface area contributed by atoms with Crippen LogP contribution in [0.5, 0.6) is 0 Å². The van der Waals surface area contributed by atoms with Gasteiger partial charge in [-0.15, -0.1) is 0 Å². The molecule has 0 aliphatic heterocycles. The van der Waals surface area contributed by atoms with Crippen LogP contribution in [0, 0.1) is 0 Å². The molecule has 0 fully saturated rings. The van der Waals surface area contributed by atoms with Gasteiger partial charge in [0.2, 0.25) is 0 Å². The van der Waals surface area contributed by atoms with Crippen molar-refractivity contribution in [3.8, 4) is 5.69 Å². The molecule has 1 aromatic carbocycles. The minimum absolute atomic E-state index is 0.0424. The van der Waals surface area contributed by atoms with E-state index in [1.54, 1.807) is 10.7 Å². The predicted molar refractivity (Wildman–Crippen MR) is 74.4 cm³/mol. The SMILES string of the molecule is CCCCCNc1cc(=O)n(-c2ccccc2)[nH]1. The molecule has 2 N–H and O–H groups in total. The fourth-order valence-electron chi connectivity index (χ4n) is 1.85. The maximum absolute atomic E-state index is 11.8. The number of H-pyrrole nitrogens is 1. The highest BCUT2D eigenvalue weighted by Crippen LogP contribution is 2.06. The summed E-state index contributed by atoms with van der Waals surface area (Å²) in [5, 5.41) is 6.30. The number of hydrogen-bond donors (Lipinski definition) is 2. The fourth-order valence-corrected chi connectivity index (χ4v) is 1.85. The molecule has 0 atom stereocenters. The van der Waals surface area contributed by atoms with Crippen LogP contribution in [0.2, 0.25) is 0 Å². The molecule has 1 aromatic heterocycles. The van der Waals surface area contributed by atoms with E-state index in [1.807, 2.05) is 30.3 Å². The number of para-hydroxylation sites is 1. The molecule has 0 radical (unpaired) electrons. The van der Waals surface area contributed by atoms with Gasteiger partial charge in [0.15, 0.2) is 0 Å². The Labute approximate surface area is 107 Å². The molecule has 0 spiro atoms. The van der Waals surface area contributed by atoms with Gasteiger partial charge in [-0.3, -0.25) is 9.89 Å². The number of nitrogens with zero attached hydrogens (tertiary/aromatic N) is 1. The molecular formula is C14H19N3O. The average molecular weight is 245 g/mol. The number of benzene rings is 1. The Balaban J connectivity index is 2.06. The van der Waals surface area contributed by atoms with Gasteiger partial charge in [0, 0.05) is 12.6 Å². The maximum Gasteiger partial charge on any atom is 0.273 e. The number of unbranched alkanes of at least 4 members (excludes halogenated alkanes) is 2. The summed E-state index contributed by atoms with van der Waals surface area (Å²) < 4.78 is 1.54. The number of hydrogen-bond acceptors (Lipinski definition) is 2. The van der Waals surface area contributed by atoms with Crippen LogP contribution < -0.4 is 10.9 Å². The van der Waals surface area contributed by atoms with E-state index >= 15 is 0 Å². The summed E-state index contributed by atoms with van der Waals surface area (Å²) in [6, 6.07) is 11.2. The van der Waals surface area contributed by atoms with Gasteiger partial charge in [0.1, 0.15) is 5.82 Å². The molecule has 4 heteroatoms. The average Bonchev–Trinajstić information content (AvgIpc) is 2.77. The second kappa shape index (κ2) is 6.10. The lowest BCUT2D eigenvalue weighted by Gasteiger charge is -2.03. The minimum Gasteiger partial charge on any atom is -0.370 e. The van der Waals surface area contributed by atoms with Crippen molar-refractivity contribution in [1.29, 1.82) is 0 Å². The van der Waals surface area contributed by atoms with E-state index in [4.69, 9.17) is 0 Å². The Morgan fingerprint density at radius 3 is 2.72 bits per heavy atom. The van der Waals surface area contributed by atoms with E-state index in [0.717, 1.165) is 24.5 Å². The van der Waals surface area contributed by atoms with Crippen LogP contribution in [-0.2, 0) is 0 Å². The minimum atomic E-state index is -0.0424. The summed E-state index contributed by atoms with van der Waals surface area (Å²) in [5.41, 5.74) is 0.809. The van der Waals surface area contributed by atoms with Gasteiger partial charge in [0.25, 0.3) is 5.56 Å². The number of aromatic nitrogens is 2. The van der Waals surface area contributed by atoms with Crippen molar-refractivity contribution < 1.29 is 0 Å². The van der Waals surface area contributed by atoms with Crippen molar-refractivity contribution in [3.63, 3.8) is 0 Å². The van der Waals surface area contributed by atoms with Crippen molar-refractivity contribution in [3.05, 3.63) is 46.8 Å². The molecule has 18 heavy (non-hydrogen) atoms. The molecule has 2 rings (SSSR count). The van der Waals surface area contributed by atoms with E-state index in [2.05, 4.69) is 17.3 Å². The lowest BCUT2D eigenvalue weighted by molar-refractivity contribution is 0.740. The molecule has 0 aliphatic rings. The standard InChI is InChI=1S/C14H19N3O/c1-2-3-7-10-15-13-11-14(18)17(16-13)12-8-5-4-6-9-12/h4-6,8-9,11,15-16H,2-3,7,10H2,1H3. The summed E-state index contributed by atoms with van der Waals surface area (Å²) >= 11 is 0. The van der Waals surface area contributed by atoms with Gasteiger partial charge < -0.3 is 5.32 Å². The first kappa shape index (κ1) is 12.5. The van der Waals surface area contributed by atoms with Gasteiger partial charge in [-0.1, -0.05) is 38.0 Å². The van der Waals surface area contributed by atoms with E-state index < -0.39 is 0 Å². The van der Waals surface area contributed by atoms with Crippen molar-refractivity contribution in [1.82, 2.24) is 9.78 Å². The summed E-state index contributed by atoms with van der Waals surface area (Å²) in [4.78, 5) is 11.8. The van der Waals surface area contributed by atoms with Crippen molar-refractivity contribution in [2.24, 2.45) is 0 Å². The van der Waals surface area contributed by atoms with Gasteiger partial charge in [-0.05, 0) is 18.6 Å². The van der Waals surface area contributed by atoms with Gasteiger partial charge in [-0.2, -0.15) is 0 Å². The fraction of sp³-hybridized carbons (Fsp3) is 0.357. The molecule has 96 valence electrons. The molecule has 0 amide bonds. The molecule has 0 aliphatic carbocycles. The molecule has 1 heterocycles. The zero-order valence-corrected chi connectivity index (χ0v) is 10.6. The molecule has 2 aromatic rings. The Morgan fingerprint density at radius 1 is 1.22 bits per heavy atom. The first-order valence-corrected chi connectivity index (χ1v) is 6.42. The van der Waals surface area contributed by atoms with Crippen molar-refractivity contribution >= 4 is 5.82 Å². The van der Waals surface area contributed by atoms with E-state index in [9.17, 15) is 4.79 Å². The number of rotatable bonds is 6. The maximum atomic E-state index is 11.8. The van der Waals surface area contributed by atoms with Gasteiger partial charge in [0.05, 0.1) is 5.69 Å². The summed E-state index contributed by atoms with van der Waals surface area (Å²) in [5.74, 6) is 0.778. The van der Waals surface area contributed by atoms with Gasteiger partial charge >= 0.3 is 0 Å². The second-order valence-electron chi connectivity index (χ2n) is 4.31. The quantitative estimate of drug-likeness (QED) is 0.769. The topological polar surface area (TPSA) is 49.8 Å². The monoisotopic (exact) mass is 245 g/mol. The predicted octanol–water partition coefficient (Wildman–Crippen LogP) is 2.77.